The molecule has 108 valence electrons. The van der Waals surface area contributed by atoms with Crippen LogP contribution in [0.4, 0.5) is 5.95 Å². The number of aromatic nitrogens is 3. The molecule has 2 heterocycles. The average Bonchev–Trinajstić information content (AvgIpc) is 2.84. The van der Waals surface area contributed by atoms with E-state index in [9.17, 15) is 0 Å². The van der Waals surface area contributed by atoms with Crippen molar-refractivity contribution >= 4 is 5.95 Å². The molecule has 0 radical (unpaired) electrons. The van der Waals surface area contributed by atoms with Crippen LogP contribution in [0.3, 0.4) is 0 Å². The minimum absolute atomic E-state index is 0.160. The van der Waals surface area contributed by atoms with Crippen molar-refractivity contribution < 1.29 is 4.74 Å². The number of ether oxygens (including phenoxy) is 1. The van der Waals surface area contributed by atoms with Crippen molar-refractivity contribution in [1.29, 1.82) is 0 Å². The highest BCUT2D eigenvalue weighted by molar-refractivity contribution is 5.29. The third-order valence-electron chi connectivity index (χ3n) is 3.39. The number of H-pyrrole nitrogens is 1. The number of nitrogens with two attached hydrogens (primary N) is 1. The topological polar surface area (TPSA) is 80.1 Å². The number of nitrogens with zero attached hydrogens (tertiary/aromatic N) is 3. The van der Waals surface area contributed by atoms with Gasteiger partial charge in [0, 0.05) is 13.1 Å². The fraction of sp³-hybridized carbons (Fsp3) is 0.846. The fourth-order valence-corrected chi connectivity index (χ4v) is 2.14. The Bertz CT molecular complexity index is 390. The van der Waals surface area contributed by atoms with Crippen molar-refractivity contribution in [3.8, 4) is 0 Å². The highest BCUT2D eigenvalue weighted by Gasteiger charge is 2.21. The molecule has 6 nitrogen and oxygen atoms in total. The molecule has 0 aliphatic carbocycles. The summed E-state index contributed by atoms with van der Waals surface area (Å²) in [5.41, 5.74) is 5.54. The zero-order chi connectivity index (χ0) is 13.9. The van der Waals surface area contributed by atoms with Crippen molar-refractivity contribution in [3.63, 3.8) is 0 Å². The smallest absolute Gasteiger partial charge is 0.244 e. The zero-order valence-corrected chi connectivity index (χ0v) is 12.1. The van der Waals surface area contributed by atoms with Crippen LogP contribution in [0.5, 0.6) is 0 Å². The predicted molar refractivity (Wildman–Crippen MR) is 74.9 cm³/mol. The van der Waals surface area contributed by atoms with E-state index in [0.29, 0.717) is 12.5 Å². The Hall–Kier alpha value is -1.14. The Labute approximate surface area is 114 Å². The molecule has 1 aliphatic rings. The normalized spacial score (nSPS) is 18.0. The number of nitrogens with one attached hydrogen (secondary N) is 1. The van der Waals surface area contributed by atoms with E-state index < -0.39 is 0 Å². The van der Waals surface area contributed by atoms with Gasteiger partial charge in [-0.15, -0.1) is 5.10 Å². The van der Waals surface area contributed by atoms with Crippen molar-refractivity contribution in [2.24, 2.45) is 11.7 Å². The maximum atomic E-state index is 5.70. The largest absolute Gasteiger partial charge is 0.368 e. The third-order valence-corrected chi connectivity index (χ3v) is 3.39. The van der Waals surface area contributed by atoms with E-state index in [0.717, 1.165) is 44.2 Å². The van der Waals surface area contributed by atoms with Gasteiger partial charge in [-0.05, 0) is 46.1 Å². The number of hydrogen-bond acceptors (Lipinski definition) is 5. The molecule has 19 heavy (non-hydrogen) atoms. The molecule has 2 rings (SSSR count). The molecule has 1 fully saturated rings. The van der Waals surface area contributed by atoms with Gasteiger partial charge in [0.2, 0.25) is 5.95 Å². The van der Waals surface area contributed by atoms with E-state index in [1.165, 1.54) is 0 Å². The van der Waals surface area contributed by atoms with Crippen LogP contribution in [0.25, 0.3) is 0 Å². The van der Waals surface area contributed by atoms with Crippen LogP contribution in [-0.4, -0.2) is 40.4 Å². The lowest BCUT2D eigenvalue weighted by Gasteiger charge is -2.30. The quantitative estimate of drug-likeness (QED) is 0.859. The van der Waals surface area contributed by atoms with Crippen LogP contribution in [0, 0.1) is 5.92 Å². The van der Waals surface area contributed by atoms with Crippen molar-refractivity contribution in [2.75, 3.05) is 24.5 Å². The van der Waals surface area contributed by atoms with Gasteiger partial charge in [-0.25, -0.2) is 0 Å². The maximum absolute atomic E-state index is 5.70. The Kier molecular flexibility index (Phi) is 4.42. The second-order valence-electron chi connectivity index (χ2n) is 6.15. The number of hydrogen-bond donors (Lipinski definition) is 2. The summed E-state index contributed by atoms with van der Waals surface area (Å²) in [7, 11) is 0. The van der Waals surface area contributed by atoms with Crippen LogP contribution in [0.2, 0.25) is 0 Å². The molecule has 0 aromatic carbocycles. The maximum Gasteiger partial charge on any atom is 0.244 e. The summed E-state index contributed by atoms with van der Waals surface area (Å²) >= 11 is 0. The first kappa shape index (κ1) is 14.3. The van der Waals surface area contributed by atoms with Crippen molar-refractivity contribution in [1.82, 2.24) is 15.2 Å². The molecular formula is C13H25N5O. The first-order valence-corrected chi connectivity index (χ1v) is 6.98. The average molecular weight is 267 g/mol. The van der Waals surface area contributed by atoms with Gasteiger partial charge in [-0.3, -0.25) is 5.10 Å². The van der Waals surface area contributed by atoms with Gasteiger partial charge in [-0.1, -0.05) is 0 Å². The van der Waals surface area contributed by atoms with E-state index in [1.54, 1.807) is 0 Å². The summed E-state index contributed by atoms with van der Waals surface area (Å²) in [4.78, 5) is 6.70. The molecule has 1 aromatic heterocycles. The second kappa shape index (κ2) is 5.88. The lowest BCUT2D eigenvalue weighted by Crippen LogP contribution is -2.36. The zero-order valence-electron chi connectivity index (χ0n) is 12.1. The molecule has 0 bridgehead atoms. The van der Waals surface area contributed by atoms with E-state index >= 15 is 0 Å². The summed E-state index contributed by atoms with van der Waals surface area (Å²) < 4.78 is 5.68. The summed E-state index contributed by atoms with van der Waals surface area (Å²) in [6, 6.07) is 0. The molecule has 0 amide bonds. The van der Waals surface area contributed by atoms with Crippen LogP contribution < -0.4 is 10.6 Å². The number of rotatable bonds is 4. The van der Waals surface area contributed by atoms with Gasteiger partial charge in [0.1, 0.15) is 6.61 Å². The summed E-state index contributed by atoms with van der Waals surface area (Å²) in [5.74, 6) is 2.22. The lowest BCUT2D eigenvalue weighted by atomic mass is 9.97. The van der Waals surface area contributed by atoms with Gasteiger partial charge in [0.25, 0.3) is 0 Å². The minimum Gasteiger partial charge on any atom is -0.368 e. The highest BCUT2D eigenvalue weighted by atomic mass is 16.5. The number of piperidine rings is 1. The van der Waals surface area contributed by atoms with Crippen LogP contribution >= 0.6 is 0 Å². The summed E-state index contributed by atoms with van der Waals surface area (Å²) in [5, 5.41) is 7.22. The Morgan fingerprint density at radius 2 is 2.05 bits per heavy atom. The predicted octanol–water partition coefficient (Wildman–Crippen LogP) is 1.29. The molecule has 1 aromatic rings. The lowest BCUT2D eigenvalue weighted by molar-refractivity contribution is -0.0179. The molecule has 0 atom stereocenters. The summed E-state index contributed by atoms with van der Waals surface area (Å²) in [6.07, 6.45) is 2.25. The summed E-state index contributed by atoms with van der Waals surface area (Å²) in [6.45, 7) is 9.31. The van der Waals surface area contributed by atoms with E-state index in [4.69, 9.17) is 10.5 Å². The van der Waals surface area contributed by atoms with Gasteiger partial charge in [-0.2, -0.15) is 4.98 Å². The molecule has 3 N–H and O–H groups in total. The molecular weight excluding hydrogens is 242 g/mol. The van der Waals surface area contributed by atoms with Crippen molar-refractivity contribution in [3.05, 3.63) is 5.82 Å². The fourth-order valence-electron chi connectivity index (χ4n) is 2.14. The second-order valence-corrected chi connectivity index (χ2v) is 6.15. The van der Waals surface area contributed by atoms with E-state index in [-0.39, 0.29) is 5.60 Å². The van der Waals surface area contributed by atoms with Crippen LogP contribution in [0.1, 0.15) is 39.4 Å². The minimum atomic E-state index is -0.160. The first-order chi connectivity index (χ1) is 8.98. The SMILES string of the molecule is CC(C)(C)OCc1nc(N2CCC(CN)CC2)n[nH]1. The first-order valence-electron chi connectivity index (χ1n) is 6.98. The monoisotopic (exact) mass is 267 g/mol. The Morgan fingerprint density at radius 1 is 1.37 bits per heavy atom. The standard InChI is InChI=1S/C13H25N5O/c1-13(2,3)19-9-11-15-12(17-16-11)18-6-4-10(8-14)5-7-18/h10H,4-9,14H2,1-3H3,(H,15,16,17). The van der Waals surface area contributed by atoms with Crippen LogP contribution in [0.15, 0.2) is 0 Å². The number of anilines is 1. The number of aromatic amines is 1. The van der Waals surface area contributed by atoms with E-state index in [1.807, 2.05) is 20.8 Å². The highest BCUT2D eigenvalue weighted by Crippen LogP contribution is 2.20. The molecule has 0 unspecified atom stereocenters. The van der Waals surface area contributed by atoms with Gasteiger partial charge in [0.05, 0.1) is 5.60 Å². The third kappa shape index (κ3) is 4.18. The molecule has 1 saturated heterocycles. The molecule has 0 saturated carbocycles. The van der Waals surface area contributed by atoms with Crippen LogP contribution in [-0.2, 0) is 11.3 Å². The van der Waals surface area contributed by atoms with Crippen molar-refractivity contribution in [2.45, 2.75) is 45.8 Å². The van der Waals surface area contributed by atoms with Gasteiger partial charge in [0.15, 0.2) is 5.82 Å². The van der Waals surface area contributed by atoms with Gasteiger partial charge >= 0.3 is 0 Å². The van der Waals surface area contributed by atoms with E-state index in [2.05, 4.69) is 20.1 Å². The Morgan fingerprint density at radius 3 is 2.63 bits per heavy atom. The Balaban J connectivity index is 1.87. The molecule has 0 spiro atoms. The molecule has 1 aliphatic heterocycles. The van der Waals surface area contributed by atoms with Gasteiger partial charge < -0.3 is 15.4 Å². The molecule has 6 heteroatoms.